The Kier molecular flexibility index (Phi) is 4.40. The van der Waals surface area contributed by atoms with Crippen LogP contribution in [0.2, 0.25) is 0 Å². The van der Waals surface area contributed by atoms with Gasteiger partial charge in [-0.2, -0.15) is 0 Å². The van der Waals surface area contributed by atoms with Crippen molar-refractivity contribution in [3.8, 4) is 0 Å². The van der Waals surface area contributed by atoms with Gasteiger partial charge in [-0.1, -0.05) is 0 Å². The Balaban J connectivity index is 1.72. The van der Waals surface area contributed by atoms with Gasteiger partial charge < -0.3 is 15.5 Å². The number of hydrogen-bond donors (Lipinski definition) is 2. The van der Waals surface area contributed by atoms with Crippen LogP contribution >= 0.6 is 0 Å². The van der Waals surface area contributed by atoms with Crippen molar-refractivity contribution >= 4 is 5.91 Å². The van der Waals surface area contributed by atoms with Gasteiger partial charge in [0.05, 0.1) is 6.04 Å². The van der Waals surface area contributed by atoms with Gasteiger partial charge in [-0.05, 0) is 46.1 Å². The Hall–Kier alpha value is -0.610. The van der Waals surface area contributed by atoms with Gasteiger partial charge in [0.1, 0.15) is 0 Å². The van der Waals surface area contributed by atoms with Crippen LogP contribution in [-0.2, 0) is 4.79 Å². The molecule has 17 heavy (non-hydrogen) atoms. The van der Waals surface area contributed by atoms with Gasteiger partial charge in [0.2, 0.25) is 5.91 Å². The first-order valence-electron chi connectivity index (χ1n) is 6.94. The van der Waals surface area contributed by atoms with E-state index in [-0.39, 0.29) is 11.9 Å². The molecule has 0 spiro atoms. The summed E-state index contributed by atoms with van der Waals surface area (Å²) in [5, 5.41) is 6.44. The average Bonchev–Trinajstić information content (AvgIpc) is 2.83. The number of nitrogens with one attached hydrogen (secondary N) is 2. The summed E-state index contributed by atoms with van der Waals surface area (Å²) in [5.74, 6) is 0.213. The molecule has 0 aromatic rings. The second-order valence-electron chi connectivity index (χ2n) is 5.56. The second kappa shape index (κ2) is 5.83. The number of rotatable bonds is 3. The summed E-state index contributed by atoms with van der Waals surface area (Å²) in [7, 11) is 0. The van der Waals surface area contributed by atoms with Gasteiger partial charge in [0.15, 0.2) is 0 Å². The third kappa shape index (κ3) is 3.42. The minimum Gasteiger partial charge on any atom is -0.352 e. The van der Waals surface area contributed by atoms with Crippen molar-refractivity contribution in [1.82, 2.24) is 15.5 Å². The summed E-state index contributed by atoms with van der Waals surface area (Å²) < 4.78 is 0. The molecule has 0 radical (unpaired) electrons. The van der Waals surface area contributed by atoms with E-state index < -0.39 is 0 Å². The molecule has 2 heterocycles. The van der Waals surface area contributed by atoms with Gasteiger partial charge in [0, 0.05) is 25.2 Å². The number of likely N-dealkylation sites (tertiary alicyclic amines) is 1. The molecule has 2 N–H and O–H groups in total. The lowest BCUT2D eigenvalue weighted by Crippen LogP contribution is -2.50. The van der Waals surface area contributed by atoms with Crippen LogP contribution in [0.5, 0.6) is 0 Å². The molecular weight excluding hydrogens is 214 g/mol. The maximum atomic E-state index is 11.9. The lowest BCUT2D eigenvalue weighted by molar-refractivity contribution is -0.123. The van der Waals surface area contributed by atoms with Crippen molar-refractivity contribution in [2.45, 2.75) is 57.7 Å². The summed E-state index contributed by atoms with van der Waals surface area (Å²) in [6, 6.07) is 1.08. The molecule has 0 unspecified atom stereocenters. The number of hydrogen-bond acceptors (Lipinski definition) is 3. The van der Waals surface area contributed by atoms with Crippen LogP contribution in [0, 0.1) is 0 Å². The lowest BCUT2D eigenvalue weighted by Gasteiger charge is -2.35. The van der Waals surface area contributed by atoms with Gasteiger partial charge >= 0.3 is 0 Å². The molecule has 4 heteroatoms. The van der Waals surface area contributed by atoms with Crippen molar-refractivity contribution in [3.63, 3.8) is 0 Å². The van der Waals surface area contributed by atoms with E-state index in [1.165, 1.54) is 0 Å². The summed E-state index contributed by atoms with van der Waals surface area (Å²) in [6.45, 7) is 7.69. The van der Waals surface area contributed by atoms with Crippen molar-refractivity contribution in [2.24, 2.45) is 0 Å². The summed E-state index contributed by atoms with van der Waals surface area (Å²) >= 11 is 0. The predicted octanol–water partition coefficient (Wildman–Crippen LogP) is 0.727. The average molecular weight is 239 g/mol. The molecular formula is C13H25N3O. The Bertz CT molecular complexity index is 253. The Labute approximate surface area is 104 Å². The van der Waals surface area contributed by atoms with Crippen molar-refractivity contribution < 1.29 is 4.79 Å². The molecule has 0 aromatic heterocycles. The highest BCUT2D eigenvalue weighted by Crippen LogP contribution is 2.14. The smallest absolute Gasteiger partial charge is 0.237 e. The maximum absolute atomic E-state index is 11.9. The number of piperidine rings is 1. The fourth-order valence-corrected chi connectivity index (χ4v) is 2.77. The van der Waals surface area contributed by atoms with Gasteiger partial charge in [-0.3, -0.25) is 4.79 Å². The van der Waals surface area contributed by atoms with E-state index in [9.17, 15) is 4.79 Å². The first-order chi connectivity index (χ1) is 8.16. The minimum absolute atomic E-state index is 0.0677. The molecule has 0 aromatic carbocycles. The quantitative estimate of drug-likeness (QED) is 0.763. The van der Waals surface area contributed by atoms with E-state index in [4.69, 9.17) is 0 Å². The summed E-state index contributed by atoms with van der Waals surface area (Å²) in [4.78, 5) is 14.4. The van der Waals surface area contributed by atoms with E-state index in [2.05, 4.69) is 29.4 Å². The molecule has 2 aliphatic rings. The number of carbonyl (C=O) groups is 1. The lowest BCUT2D eigenvalue weighted by atomic mass is 10.0. The van der Waals surface area contributed by atoms with Crippen LogP contribution in [0.15, 0.2) is 0 Å². The summed E-state index contributed by atoms with van der Waals surface area (Å²) in [6.07, 6.45) is 4.31. The normalized spacial score (nSPS) is 27.6. The highest BCUT2D eigenvalue weighted by atomic mass is 16.2. The minimum atomic E-state index is 0.0677. The van der Waals surface area contributed by atoms with Crippen LogP contribution in [0.4, 0.5) is 0 Å². The monoisotopic (exact) mass is 239 g/mol. The maximum Gasteiger partial charge on any atom is 0.237 e. The van der Waals surface area contributed by atoms with Crippen molar-refractivity contribution in [2.75, 3.05) is 19.6 Å². The van der Waals surface area contributed by atoms with Gasteiger partial charge in [-0.15, -0.1) is 0 Å². The third-order valence-corrected chi connectivity index (χ3v) is 3.98. The molecule has 98 valence electrons. The molecule has 1 amide bonds. The van der Waals surface area contributed by atoms with E-state index in [0.29, 0.717) is 12.1 Å². The van der Waals surface area contributed by atoms with Gasteiger partial charge in [-0.25, -0.2) is 0 Å². The van der Waals surface area contributed by atoms with Crippen molar-refractivity contribution in [1.29, 1.82) is 0 Å². The molecule has 2 rings (SSSR count). The Morgan fingerprint density at radius 2 is 2.00 bits per heavy atom. The van der Waals surface area contributed by atoms with Crippen molar-refractivity contribution in [3.05, 3.63) is 0 Å². The molecule has 2 fully saturated rings. The zero-order chi connectivity index (χ0) is 12.3. The molecule has 2 saturated heterocycles. The molecule has 2 aliphatic heterocycles. The molecule has 1 atom stereocenters. The van der Waals surface area contributed by atoms with E-state index in [1.807, 2.05) is 0 Å². The van der Waals surface area contributed by atoms with E-state index in [1.54, 1.807) is 0 Å². The Morgan fingerprint density at radius 1 is 1.29 bits per heavy atom. The topological polar surface area (TPSA) is 44.4 Å². The van der Waals surface area contributed by atoms with E-state index in [0.717, 1.165) is 45.3 Å². The van der Waals surface area contributed by atoms with E-state index >= 15 is 0 Å². The molecule has 0 bridgehead atoms. The number of amides is 1. The zero-order valence-electron chi connectivity index (χ0n) is 11.0. The van der Waals surface area contributed by atoms with Crippen LogP contribution in [-0.4, -0.2) is 48.6 Å². The predicted molar refractivity (Wildman–Crippen MR) is 68.9 cm³/mol. The van der Waals surface area contributed by atoms with Crippen LogP contribution in [0.1, 0.15) is 39.5 Å². The standard InChI is InChI=1S/C13H25N3O/c1-10(2)16-8-5-11(6-9-16)15-13(17)12-4-3-7-14-12/h10-12,14H,3-9H2,1-2H3,(H,15,17)/t12-/m1/s1. The molecule has 4 nitrogen and oxygen atoms in total. The second-order valence-corrected chi connectivity index (χ2v) is 5.56. The summed E-state index contributed by atoms with van der Waals surface area (Å²) in [5.41, 5.74) is 0. The van der Waals surface area contributed by atoms with Crippen LogP contribution < -0.4 is 10.6 Å². The zero-order valence-corrected chi connectivity index (χ0v) is 11.0. The fourth-order valence-electron chi connectivity index (χ4n) is 2.77. The number of carbonyl (C=O) groups excluding carboxylic acids is 1. The van der Waals surface area contributed by atoms with Crippen LogP contribution in [0.3, 0.4) is 0 Å². The first-order valence-corrected chi connectivity index (χ1v) is 6.94. The van der Waals surface area contributed by atoms with Gasteiger partial charge in [0.25, 0.3) is 0 Å². The highest BCUT2D eigenvalue weighted by Gasteiger charge is 2.26. The highest BCUT2D eigenvalue weighted by molar-refractivity contribution is 5.82. The Morgan fingerprint density at radius 3 is 2.53 bits per heavy atom. The third-order valence-electron chi connectivity index (χ3n) is 3.98. The molecule has 0 aliphatic carbocycles. The largest absolute Gasteiger partial charge is 0.352 e. The number of nitrogens with zero attached hydrogens (tertiary/aromatic N) is 1. The fraction of sp³-hybridized carbons (Fsp3) is 0.923. The SMILES string of the molecule is CC(C)N1CCC(NC(=O)[C@H]2CCCN2)CC1. The first kappa shape index (κ1) is 12.8. The van der Waals surface area contributed by atoms with Crippen LogP contribution in [0.25, 0.3) is 0 Å². The molecule has 0 saturated carbocycles.